The number of hydrogen-bond acceptors (Lipinski definition) is 5. The third-order valence-corrected chi connectivity index (χ3v) is 4.49. The summed E-state index contributed by atoms with van der Waals surface area (Å²) < 4.78 is 4.52. The minimum atomic E-state index is -0.397. The van der Waals surface area contributed by atoms with Gasteiger partial charge in [0.25, 0.3) is 0 Å². The van der Waals surface area contributed by atoms with Gasteiger partial charge in [0.15, 0.2) is 5.13 Å². The number of carbonyl (C=O) groups excluding carboxylic acids is 2. The predicted molar refractivity (Wildman–Crippen MR) is 91.6 cm³/mol. The number of amides is 1. The highest BCUT2D eigenvalue weighted by Gasteiger charge is 2.13. The summed E-state index contributed by atoms with van der Waals surface area (Å²) in [6.07, 6.45) is 0.154. The molecule has 6 heteroatoms. The highest BCUT2D eigenvalue weighted by atomic mass is 32.1. The normalized spacial score (nSPS) is 10.4. The zero-order valence-corrected chi connectivity index (χ0v) is 14.5. The summed E-state index contributed by atoms with van der Waals surface area (Å²) >= 11 is 1.43. The number of benzene rings is 1. The lowest BCUT2D eigenvalue weighted by atomic mass is 10.0. The number of nitrogens with one attached hydrogen (secondary N) is 1. The summed E-state index contributed by atoms with van der Waals surface area (Å²) in [5.41, 5.74) is 4.36. The summed E-state index contributed by atoms with van der Waals surface area (Å²) in [5.74, 6) is -0.637. The number of thiazole rings is 1. The van der Waals surface area contributed by atoms with E-state index in [0.717, 1.165) is 16.1 Å². The van der Waals surface area contributed by atoms with Crippen molar-refractivity contribution in [1.82, 2.24) is 4.98 Å². The monoisotopic (exact) mass is 332 g/mol. The molecule has 0 fully saturated rings. The van der Waals surface area contributed by atoms with Gasteiger partial charge >= 0.3 is 5.97 Å². The van der Waals surface area contributed by atoms with Gasteiger partial charge in [-0.05, 0) is 38.0 Å². The fraction of sp³-hybridized carbons (Fsp3) is 0.353. The van der Waals surface area contributed by atoms with Gasteiger partial charge < -0.3 is 10.1 Å². The van der Waals surface area contributed by atoms with Crippen molar-refractivity contribution < 1.29 is 14.3 Å². The van der Waals surface area contributed by atoms with Crippen LogP contribution in [0.4, 0.5) is 5.13 Å². The van der Waals surface area contributed by atoms with Crippen LogP contribution < -0.4 is 5.32 Å². The molecule has 23 heavy (non-hydrogen) atoms. The topological polar surface area (TPSA) is 68.3 Å². The lowest BCUT2D eigenvalue weighted by Crippen LogP contribution is -2.13. The second kappa shape index (κ2) is 7.37. The van der Waals surface area contributed by atoms with Crippen LogP contribution in [0.2, 0.25) is 0 Å². The molecule has 0 bridgehead atoms. The average molecular weight is 332 g/mol. The van der Waals surface area contributed by atoms with Crippen LogP contribution in [0.25, 0.3) is 11.3 Å². The van der Waals surface area contributed by atoms with E-state index in [4.69, 9.17) is 0 Å². The van der Waals surface area contributed by atoms with Crippen LogP contribution in [0.15, 0.2) is 18.2 Å². The molecular weight excluding hydrogens is 312 g/mol. The summed E-state index contributed by atoms with van der Waals surface area (Å²) in [7, 11) is 1.31. The van der Waals surface area contributed by atoms with E-state index in [1.54, 1.807) is 0 Å². The van der Waals surface area contributed by atoms with E-state index < -0.39 is 5.97 Å². The first kappa shape index (κ1) is 17.1. The quantitative estimate of drug-likeness (QED) is 0.849. The van der Waals surface area contributed by atoms with Crippen LogP contribution in [-0.4, -0.2) is 24.0 Å². The molecule has 0 unspecified atom stereocenters. The Morgan fingerprint density at radius 2 is 1.91 bits per heavy atom. The van der Waals surface area contributed by atoms with Gasteiger partial charge in [0.1, 0.15) is 0 Å². The van der Waals surface area contributed by atoms with Crippen LogP contribution in [-0.2, 0) is 14.3 Å². The summed E-state index contributed by atoms with van der Waals surface area (Å²) in [6.45, 7) is 6.11. The number of aromatic nitrogens is 1. The molecule has 0 spiro atoms. The number of nitrogens with zero attached hydrogens (tertiary/aromatic N) is 1. The molecule has 1 N–H and O–H groups in total. The van der Waals surface area contributed by atoms with Gasteiger partial charge in [0, 0.05) is 16.9 Å². The third kappa shape index (κ3) is 4.39. The SMILES string of the molecule is COC(=O)CCC(=O)Nc1nc(-c2ccc(C)c(C)c2)c(C)s1. The molecule has 122 valence electrons. The van der Waals surface area contributed by atoms with Crippen LogP contribution in [0, 0.1) is 20.8 Å². The van der Waals surface area contributed by atoms with Crippen LogP contribution >= 0.6 is 11.3 Å². The number of anilines is 1. The van der Waals surface area contributed by atoms with Gasteiger partial charge in [-0.3, -0.25) is 9.59 Å². The molecule has 1 amide bonds. The maximum Gasteiger partial charge on any atom is 0.306 e. The maximum absolute atomic E-state index is 11.8. The van der Waals surface area contributed by atoms with E-state index in [9.17, 15) is 9.59 Å². The minimum Gasteiger partial charge on any atom is -0.469 e. The molecule has 0 aliphatic heterocycles. The Hall–Kier alpha value is -2.21. The van der Waals surface area contributed by atoms with E-state index in [0.29, 0.717) is 5.13 Å². The number of esters is 1. The highest BCUT2D eigenvalue weighted by Crippen LogP contribution is 2.31. The molecule has 0 saturated carbocycles. The van der Waals surface area contributed by atoms with Gasteiger partial charge in [-0.2, -0.15) is 0 Å². The molecule has 0 atom stereocenters. The highest BCUT2D eigenvalue weighted by molar-refractivity contribution is 7.16. The number of hydrogen-bond donors (Lipinski definition) is 1. The van der Waals surface area contributed by atoms with Gasteiger partial charge in [-0.1, -0.05) is 12.1 Å². The van der Waals surface area contributed by atoms with E-state index in [-0.39, 0.29) is 18.7 Å². The maximum atomic E-state index is 11.8. The number of carbonyl (C=O) groups is 2. The second-order valence-corrected chi connectivity index (χ2v) is 6.55. The van der Waals surface area contributed by atoms with Crippen molar-refractivity contribution in [3.63, 3.8) is 0 Å². The van der Waals surface area contributed by atoms with E-state index in [2.05, 4.69) is 41.0 Å². The molecule has 1 heterocycles. The Kier molecular flexibility index (Phi) is 5.50. The number of methoxy groups -OCH3 is 1. The van der Waals surface area contributed by atoms with Crippen molar-refractivity contribution in [3.8, 4) is 11.3 Å². The molecule has 0 radical (unpaired) electrons. The molecule has 0 aliphatic carbocycles. The largest absolute Gasteiger partial charge is 0.469 e. The van der Waals surface area contributed by atoms with E-state index in [1.165, 1.54) is 29.6 Å². The Balaban J connectivity index is 2.10. The smallest absolute Gasteiger partial charge is 0.306 e. The zero-order chi connectivity index (χ0) is 17.0. The van der Waals surface area contributed by atoms with Gasteiger partial charge in [0.2, 0.25) is 5.91 Å². The fourth-order valence-electron chi connectivity index (χ4n) is 2.11. The Bertz CT molecular complexity index is 737. The second-order valence-electron chi connectivity index (χ2n) is 5.35. The summed E-state index contributed by atoms with van der Waals surface area (Å²) in [5, 5.41) is 3.29. The molecule has 0 aliphatic rings. The summed E-state index contributed by atoms with van der Waals surface area (Å²) in [6, 6.07) is 6.20. The van der Waals surface area contributed by atoms with Crippen LogP contribution in [0.5, 0.6) is 0 Å². The molecule has 2 aromatic rings. The molecule has 2 rings (SSSR count). The van der Waals surface area contributed by atoms with Crippen molar-refractivity contribution >= 4 is 28.3 Å². The molecule has 1 aromatic carbocycles. The first-order valence-electron chi connectivity index (χ1n) is 7.32. The minimum absolute atomic E-state index is 0.0662. The van der Waals surface area contributed by atoms with Crippen LogP contribution in [0.3, 0.4) is 0 Å². The van der Waals surface area contributed by atoms with Crippen molar-refractivity contribution in [2.75, 3.05) is 12.4 Å². The number of aryl methyl sites for hydroxylation is 3. The molecule has 5 nitrogen and oxygen atoms in total. The third-order valence-electron chi connectivity index (χ3n) is 3.61. The predicted octanol–water partition coefficient (Wildman–Crippen LogP) is 3.63. The zero-order valence-electron chi connectivity index (χ0n) is 13.7. The van der Waals surface area contributed by atoms with Crippen molar-refractivity contribution in [1.29, 1.82) is 0 Å². The van der Waals surface area contributed by atoms with E-state index >= 15 is 0 Å². The van der Waals surface area contributed by atoms with Crippen LogP contribution in [0.1, 0.15) is 28.8 Å². The number of rotatable bonds is 5. The summed E-state index contributed by atoms with van der Waals surface area (Å²) in [4.78, 5) is 28.4. The van der Waals surface area contributed by atoms with Crippen molar-refractivity contribution in [3.05, 3.63) is 34.2 Å². The van der Waals surface area contributed by atoms with Gasteiger partial charge in [-0.15, -0.1) is 11.3 Å². The van der Waals surface area contributed by atoms with E-state index in [1.807, 2.05) is 13.0 Å². The molecule has 1 aromatic heterocycles. The van der Waals surface area contributed by atoms with Gasteiger partial charge in [0.05, 0.1) is 19.2 Å². The first-order valence-corrected chi connectivity index (χ1v) is 8.14. The Morgan fingerprint density at radius 3 is 2.57 bits per heavy atom. The first-order chi connectivity index (χ1) is 10.9. The lowest BCUT2D eigenvalue weighted by molar-refractivity contribution is -0.141. The fourth-order valence-corrected chi connectivity index (χ4v) is 2.96. The average Bonchev–Trinajstić information content (AvgIpc) is 2.88. The standard InChI is InChI=1S/C17H20N2O3S/c1-10-5-6-13(9-11(10)2)16-12(3)23-17(19-16)18-14(20)7-8-15(21)22-4/h5-6,9H,7-8H2,1-4H3,(H,18,19,20). The number of ether oxygens (including phenoxy) is 1. The Labute approximate surface area is 139 Å². The Morgan fingerprint density at radius 1 is 1.17 bits per heavy atom. The lowest BCUT2D eigenvalue weighted by Gasteiger charge is -2.03. The molecule has 0 saturated heterocycles. The van der Waals surface area contributed by atoms with Crippen molar-refractivity contribution in [2.45, 2.75) is 33.6 Å². The van der Waals surface area contributed by atoms with Crippen molar-refractivity contribution in [2.24, 2.45) is 0 Å². The van der Waals surface area contributed by atoms with Gasteiger partial charge in [-0.25, -0.2) is 4.98 Å². The molecular formula is C17H20N2O3S.